The fourth-order valence-electron chi connectivity index (χ4n) is 2.70. The van der Waals surface area contributed by atoms with Gasteiger partial charge in [-0.15, -0.1) is 0 Å². The standard InChI is InChI=1S/C21H18ClF2N3O3/c1-29-17-4-2-3-15(20(17)30-21(23)24)7-10-19(28)26-18-11-12-25-27(18)13-14-5-8-16(22)9-6-14/h2-12,21H,13H2,1H3,(H,26,28)/b10-7+. The number of carbonyl (C=O) groups is 1. The van der Waals surface area contributed by atoms with E-state index in [0.29, 0.717) is 17.4 Å². The topological polar surface area (TPSA) is 65.4 Å². The Kier molecular flexibility index (Phi) is 7.03. The number of hydrogen-bond acceptors (Lipinski definition) is 4. The van der Waals surface area contributed by atoms with Gasteiger partial charge < -0.3 is 14.8 Å². The highest BCUT2D eigenvalue weighted by atomic mass is 35.5. The van der Waals surface area contributed by atoms with E-state index in [9.17, 15) is 13.6 Å². The molecule has 9 heteroatoms. The van der Waals surface area contributed by atoms with Crippen LogP contribution in [0.2, 0.25) is 5.02 Å². The molecular formula is C21H18ClF2N3O3. The van der Waals surface area contributed by atoms with E-state index >= 15 is 0 Å². The average molecular weight is 434 g/mol. The molecule has 1 amide bonds. The summed E-state index contributed by atoms with van der Waals surface area (Å²) in [4.78, 5) is 12.3. The Morgan fingerprint density at radius 1 is 1.23 bits per heavy atom. The van der Waals surface area contributed by atoms with Crippen LogP contribution in [0.4, 0.5) is 14.6 Å². The van der Waals surface area contributed by atoms with Crippen molar-refractivity contribution in [2.45, 2.75) is 13.2 Å². The third kappa shape index (κ3) is 5.57. The zero-order valence-electron chi connectivity index (χ0n) is 15.9. The molecule has 0 spiro atoms. The SMILES string of the molecule is COc1cccc(/C=C/C(=O)Nc2ccnn2Cc2ccc(Cl)cc2)c1OC(F)F. The molecule has 0 atom stereocenters. The van der Waals surface area contributed by atoms with E-state index in [1.54, 1.807) is 35.1 Å². The normalized spacial score (nSPS) is 11.1. The lowest BCUT2D eigenvalue weighted by Crippen LogP contribution is -2.13. The number of halogens is 3. The number of carbonyl (C=O) groups excluding carboxylic acids is 1. The summed E-state index contributed by atoms with van der Waals surface area (Å²) in [6.07, 6.45) is 4.15. The van der Waals surface area contributed by atoms with Gasteiger partial charge in [0, 0.05) is 22.7 Å². The maximum absolute atomic E-state index is 12.7. The van der Waals surface area contributed by atoms with Gasteiger partial charge in [0.2, 0.25) is 5.91 Å². The first-order chi connectivity index (χ1) is 14.5. The molecular weight excluding hydrogens is 416 g/mol. The summed E-state index contributed by atoms with van der Waals surface area (Å²) in [7, 11) is 1.34. The van der Waals surface area contributed by atoms with E-state index in [2.05, 4.69) is 15.2 Å². The number of nitrogens with one attached hydrogen (secondary N) is 1. The van der Waals surface area contributed by atoms with Crippen molar-refractivity contribution in [1.82, 2.24) is 9.78 Å². The molecule has 0 saturated carbocycles. The number of anilines is 1. The number of nitrogens with zero attached hydrogens (tertiary/aromatic N) is 2. The van der Waals surface area contributed by atoms with Crippen molar-refractivity contribution in [3.8, 4) is 11.5 Å². The van der Waals surface area contributed by atoms with Crippen molar-refractivity contribution in [2.24, 2.45) is 0 Å². The van der Waals surface area contributed by atoms with Crippen LogP contribution in [0.5, 0.6) is 11.5 Å². The zero-order valence-corrected chi connectivity index (χ0v) is 16.6. The third-order valence-corrected chi connectivity index (χ3v) is 4.32. The lowest BCUT2D eigenvalue weighted by Gasteiger charge is -2.12. The van der Waals surface area contributed by atoms with Crippen LogP contribution in [0.25, 0.3) is 6.08 Å². The van der Waals surface area contributed by atoms with Gasteiger partial charge in [-0.3, -0.25) is 4.79 Å². The van der Waals surface area contributed by atoms with Crippen LogP contribution in [0.15, 0.2) is 60.8 Å². The molecule has 0 saturated heterocycles. The van der Waals surface area contributed by atoms with Gasteiger partial charge >= 0.3 is 6.61 Å². The van der Waals surface area contributed by atoms with E-state index in [0.717, 1.165) is 5.56 Å². The number of methoxy groups -OCH3 is 1. The Hall–Kier alpha value is -3.39. The molecule has 2 aromatic carbocycles. The van der Waals surface area contributed by atoms with E-state index in [4.69, 9.17) is 16.3 Å². The predicted octanol–water partition coefficient (Wildman–Crippen LogP) is 4.85. The second-order valence-corrected chi connectivity index (χ2v) is 6.52. The molecule has 156 valence electrons. The molecule has 0 unspecified atom stereocenters. The molecule has 1 N–H and O–H groups in total. The van der Waals surface area contributed by atoms with Gasteiger partial charge in [0.15, 0.2) is 11.5 Å². The fraction of sp³-hybridized carbons (Fsp3) is 0.143. The first-order valence-corrected chi connectivity index (χ1v) is 9.21. The van der Waals surface area contributed by atoms with Crippen LogP contribution < -0.4 is 14.8 Å². The number of alkyl halides is 2. The lowest BCUT2D eigenvalue weighted by molar-refractivity contribution is -0.111. The summed E-state index contributed by atoms with van der Waals surface area (Å²) >= 11 is 5.89. The molecule has 3 aromatic rings. The van der Waals surface area contributed by atoms with Crippen molar-refractivity contribution in [2.75, 3.05) is 12.4 Å². The summed E-state index contributed by atoms with van der Waals surface area (Å²) in [5, 5.41) is 7.54. The maximum Gasteiger partial charge on any atom is 0.387 e. The maximum atomic E-state index is 12.7. The molecule has 0 aliphatic carbocycles. The van der Waals surface area contributed by atoms with Gasteiger partial charge in [-0.25, -0.2) is 4.68 Å². The first-order valence-electron chi connectivity index (χ1n) is 8.83. The Morgan fingerprint density at radius 3 is 2.70 bits per heavy atom. The Balaban J connectivity index is 1.72. The minimum absolute atomic E-state index is 0.138. The number of ether oxygens (including phenoxy) is 2. The quantitative estimate of drug-likeness (QED) is 0.516. The summed E-state index contributed by atoms with van der Waals surface area (Å²) in [6.45, 7) is -2.59. The van der Waals surface area contributed by atoms with Crippen LogP contribution in [0.1, 0.15) is 11.1 Å². The van der Waals surface area contributed by atoms with Crippen molar-refractivity contribution >= 4 is 29.4 Å². The summed E-state index contributed by atoms with van der Waals surface area (Å²) in [5.41, 5.74) is 1.23. The Labute approximate surface area is 176 Å². The Morgan fingerprint density at radius 2 is 2.00 bits per heavy atom. The highest BCUT2D eigenvalue weighted by Gasteiger charge is 2.14. The smallest absolute Gasteiger partial charge is 0.387 e. The number of rotatable bonds is 8. The number of para-hydroxylation sites is 1. The molecule has 1 heterocycles. The molecule has 0 bridgehead atoms. The monoisotopic (exact) mass is 433 g/mol. The fourth-order valence-corrected chi connectivity index (χ4v) is 2.83. The predicted molar refractivity (Wildman–Crippen MR) is 110 cm³/mol. The van der Waals surface area contributed by atoms with Gasteiger partial charge in [-0.05, 0) is 29.8 Å². The van der Waals surface area contributed by atoms with Gasteiger partial charge in [-0.1, -0.05) is 35.9 Å². The van der Waals surface area contributed by atoms with Crippen molar-refractivity contribution < 1.29 is 23.0 Å². The minimum atomic E-state index is -3.02. The van der Waals surface area contributed by atoms with E-state index in [1.165, 1.54) is 31.4 Å². The highest BCUT2D eigenvalue weighted by Crippen LogP contribution is 2.33. The molecule has 1 aromatic heterocycles. The van der Waals surface area contributed by atoms with Gasteiger partial charge in [-0.2, -0.15) is 13.9 Å². The highest BCUT2D eigenvalue weighted by molar-refractivity contribution is 6.30. The van der Waals surface area contributed by atoms with E-state index < -0.39 is 12.5 Å². The van der Waals surface area contributed by atoms with Crippen molar-refractivity contribution in [3.05, 3.63) is 77.0 Å². The molecule has 0 aliphatic rings. The van der Waals surface area contributed by atoms with Crippen LogP contribution in [-0.4, -0.2) is 29.4 Å². The van der Waals surface area contributed by atoms with E-state index in [1.807, 2.05) is 12.1 Å². The van der Waals surface area contributed by atoms with Crippen LogP contribution in [0, 0.1) is 0 Å². The summed E-state index contributed by atoms with van der Waals surface area (Å²) in [5.74, 6) is 0.0127. The van der Waals surface area contributed by atoms with Crippen molar-refractivity contribution in [1.29, 1.82) is 0 Å². The van der Waals surface area contributed by atoms with Crippen LogP contribution in [-0.2, 0) is 11.3 Å². The van der Waals surface area contributed by atoms with Gasteiger partial charge in [0.05, 0.1) is 19.9 Å². The number of aromatic nitrogens is 2. The minimum Gasteiger partial charge on any atom is -0.493 e. The number of benzene rings is 2. The summed E-state index contributed by atoms with van der Waals surface area (Å²) < 4.78 is 36.6. The van der Waals surface area contributed by atoms with Crippen LogP contribution >= 0.6 is 11.6 Å². The van der Waals surface area contributed by atoms with Gasteiger partial charge in [0.1, 0.15) is 5.82 Å². The summed E-state index contributed by atoms with van der Waals surface area (Å²) in [6, 6.07) is 13.6. The number of hydrogen-bond donors (Lipinski definition) is 1. The molecule has 3 rings (SSSR count). The zero-order chi connectivity index (χ0) is 21.5. The van der Waals surface area contributed by atoms with Crippen LogP contribution in [0.3, 0.4) is 0 Å². The average Bonchev–Trinajstić information content (AvgIpc) is 3.15. The molecule has 0 fully saturated rings. The van der Waals surface area contributed by atoms with E-state index in [-0.39, 0.29) is 17.1 Å². The molecule has 30 heavy (non-hydrogen) atoms. The molecule has 0 radical (unpaired) electrons. The molecule has 6 nitrogen and oxygen atoms in total. The molecule has 0 aliphatic heterocycles. The Bertz CT molecular complexity index is 1040. The van der Waals surface area contributed by atoms with Gasteiger partial charge in [0.25, 0.3) is 0 Å². The third-order valence-electron chi connectivity index (χ3n) is 4.06. The lowest BCUT2D eigenvalue weighted by atomic mass is 10.1. The number of amides is 1. The first kappa shape index (κ1) is 21.3. The second-order valence-electron chi connectivity index (χ2n) is 6.08. The van der Waals surface area contributed by atoms with Crippen molar-refractivity contribution in [3.63, 3.8) is 0 Å². The second kappa shape index (κ2) is 9.89. The largest absolute Gasteiger partial charge is 0.493 e.